The smallest absolute Gasteiger partial charge is 0.411 e. The highest BCUT2D eigenvalue weighted by Crippen LogP contribution is 2.56. The molecule has 0 aliphatic heterocycles. The Labute approximate surface area is 262 Å². The fourth-order valence-corrected chi connectivity index (χ4v) is 6.60. The van der Waals surface area contributed by atoms with E-state index < -0.39 is 28.9 Å². The Morgan fingerprint density at radius 1 is 0.511 bits per heavy atom. The highest BCUT2D eigenvalue weighted by atomic mass is 19.4. The third-order valence-electron chi connectivity index (χ3n) is 8.86. The Morgan fingerprint density at radius 2 is 1.04 bits per heavy atom. The van der Waals surface area contributed by atoms with Crippen LogP contribution in [0.25, 0.3) is 66.0 Å². The van der Waals surface area contributed by atoms with E-state index in [1.54, 1.807) is 13.8 Å². The Morgan fingerprint density at radius 3 is 1.66 bits per heavy atom. The monoisotopic (exact) mass is 640 g/mol. The van der Waals surface area contributed by atoms with E-state index in [0.717, 1.165) is 62.1 Å². The predicted molar refractivity (Wildman–Crippen MR) is 168 cm³/mol. The topological polar surface area (TPSA) is 52.1 Å². The van der Waals surface area contributed by atoms with E-state index in [1.807, 2.05) is 48.5 Å². The molecule has 8 rings (SSSR count). The summed E-state index contributed by atoms with van der Waals surface area (Å²) in [5.74, 6) is 0.648. The molecule has 4 nitrogen and oxygen atoms in total. The van der Waals surface area contributed by atoms with E-state index in [4.69, 9.17) is 8.83 Å². The maximum atomic E-state index is 14.6. The summed E-state index contributed by atoms with van der Waals surface area (Å²) in [7, 11) is 0. The van der Waals surface area contributed by atoms with Gasteiger partial charge >= 0.3 is 12.4 Å². The number of aryl methyl sites for hydroxylation is 2. The summed E-state index contributed by atoms with van der Waals surface area (Å²) in [6.45, 7) is 3.39. The van der Waals surface area contributed by atoms with Gasteiger partial charge in [0.2, 0.25) is 11.3 Å². The van der Waals surface area contributed by atoms with Crippen LogP contribution in [0.2, 0.25) is 0 Å². The number of nitrogens with zero attached hydrogens (tertiary/aromatic N) is 2. The van der Waals surface area contributed by atoms with Gasteiger partial charge in [0, 0.05) is 12.5 Å². The van der Waals surface area contributed by atoms with Crippen molar-refractivity contribution in [2.24, 2.45) is 0 Å². The molecule has 0 unspecified atom stereocenters. The van der Waals surface area contributed by atoms with Crippen molar-refractivity contribution in [2.75, 3.05) is 0 Å². The van der Waals surface area contributed by atoms with Crippen LogP contribution in [0.5, 0.6) is 0 Å². The zero-order valence-corrected chi connectivity index (χ0v) is 24.7. The van der Waals surface area contributed by atoms with Crippen LogP contribution in [0.1, 0.15) is 22.6 Å². The molecular weight excluding hydrogens is 618 g/mol. The van der Waals surface area contributed by atoms with Crippen molar-refractivity contribution in [3.63, 3.8) is 0 Å². The highest BCUT2D eigenvalue weighted by molar-refractivity contribution is 6.20. The number of aromatic nitrogens is 2. The van der Waals surface area contributed by atoms with Crippen LogP contribution >= 0.6 is 0 Å². The van der Waals surface area contributed by atoms with Gasteiger partial charge in [-0.3, -0.25) is 0 Å². The second-order valence-corrected chi connectivity index (χ2v) is 11.7. The van der Waals surface area contributed by atoms with Gasteiger partial charge in [-0.25, -0.2) is 9.97 Å². The lowest BCUT2D eigenvalue weighted by Gasteiger charge is -2.38. The number of oxazole rings is 2. The number of rotatable bonds is 3. The van der Waals surface area contributed by atoms with Gasteiger partial charge in [-0.2, -0.15) is 26.3 Å². The molecule has 0 spiro atoms. The lowest BCUT2D eigenvalue weighted by atomic mass is 9.72. The molecule has 0 N–H and O–H groups in total. The standard InChI is InChI=1S/C37H22F6N2O2/c1-19-3-9-24(10-4-19)35(36(38,39)40,37(41,42)43)25-11-5-21(6-12-25)34-45-30-15-22-7-13-26-27(29(22)18-33(30)47-34)14-8-23-16-32-31(17-28(23)26)44-20(2)46-32/h3-18H,1-2H3. The van der Waals surface area contributed by atoms with E-state index in [0.29, 0.717) is 28.1 Å². The van der Waals surface area contributed by atoms with Crippen LogP contribution < -0.4 is 0 Å². The minimum absolute atomic E-state index is 0.0698. The second-order valence-electron chi connectivity index (χ2n) is 11.7. The lowest BCUT2D eigenvalue weighted by molar-refractivity contribution is -0.288. The van der Waals surface area contributed by atoms with Crippen LogP contribution in [0.15, 0.2) is 106 Å². The van der Waals surface area contributed by atoms with Gasteiger partial charge < -0.3 is 8.83 Å². The Kier molecular flexibility index (Phi) is 6.06. The minimum Gasteiger partial charge on any atom is -0.441 e. The number of fused-ring (bicyclic) bond motifs is 7. The largest absolute Gasteiger partial charge is 0.441 e. The first kappa shape index (κ1) is 29.1. The molecule has 0 aliphatic rings. The maximum absolute atomic E-state index is 14.6. The Bertz CT molecular complexity index is 2490. The zero-order valence-electron chi connectivity index (χ0n) is 24.7. The molecule has 0 atom stereocenters. The van der Waals surface area contributed by atoms with Crippen molar-refractivity contribution >= 4 is 54.5 Å². The first-order chi connectivity index (χ1) is 22.3. The van der Waals surface area contributed by atoms with E-state index in [9.17, 15) is 26.3 Å². The number of halogens is 6. The molecule has 2 heterocycles. The van der Waals surface area contributed by atoms with Crippen LogP contribution in [0, 0.1) is 13.8 Å². The average molecular weight is 641 g/mol. The molecular formula is C37H22F6N2O2. The van der Waals surface area contributed by atoms with Crippen molar-refractivity contribution in [3.05, 3.63) is 120 Å². The third kappa shape index (κ3) is 4.31. The van der Waals surface area contributed by atoms with E-state index in [1.165, 1.54) is 24.3 Å². The minimum atomic E-state index is -5.67. The molecule has 8 aromatic rings. The highest BCUT2D eigenvalue weighted by Gasteiger charge is 2.72. The summed E-state index contributed by atoms with van der Waals surface area (Å²) in [6, 6.07) is 23.9. The molecule has 0 bridgehead atoms. The zero-order chi connectivity index (χ0) is 32.9. The first-order valence-electron chi connectivity index (χ1n) is 14.6. The van der Waals surface area contributed by atoms with Crippen molar-refractivity contribution in [1.29, 1.82) is 0 Å². The van der Waals surface area contributed by atoms with Gasteiger partial charge in [-0.1, -0.05) is 66.2 Å². The summed E-state index contributed by atoms with van der Waals surface area (Å²) in [5.41, 5.74) is -2.94. The van der Waals surface area contributed by atoms with Crippen LogP contribution in [0.3, 0.4) is 0 Å². The van der Waals surface area contributed by atoms with Crippen LogP contribution in [-0.4, -0.2) is 22.3 Å². The lowest BCUT2D eigenvalue weighted by Crippen LogP contribution is -2.54. The molecule has 0 amide bonds. The molecule has 0 aliphatic carbocycles. The van der Waals surface area contributed by atoms with Crippen molar-refractivity contribution < 1.29 is 35.2 Å². The predicted octanol–water partition coefficient (Wildman–Crippen LogP) is 11.1. The number of alkyl halides is 6. The van der Waals surface area contributed by atoms with Crippen molar-refractivity contribution in [1.82, 2.24) is 9.97 Å². The van der Waals surface area contributed by atoms with Crippen LogP contribution in [0.4, 0.5) is 26.3 Å². The molecule has 2 aromatic heterocycles. The molecule has 0 fully saturated rings. The van der Waals surface area contributed by atoms with E-state index in [-0.39, 0.29) is 11.5 Å². The molecule has 0 radical (unpaired) electrons. The second kappa shape index (κ2) is 9.81. The molecule has 10 heteroatoms. The first-order valence-corrected chi connectivity index (χ1v) is 14.6. The van der Waals surface area contributed by atoms with Gasteiger partial charge in [0.1, 0.15) is 11.0 Å². The van der Waals surface area contributed by atoms with E-state index in [2.05, 4.69) is 9.97 Å². The van der Waals surface area contributed by atoms with Gasteiger partial charge in [-0.05, 0) is 86.8 Å². The summed E-state index contributed by atoms with van der Waals surface area (Å²) >= 11 is 0. The van der Waals surface area contributed by atoms with Gasteiger partial charge in [0.25, 0.3) is 0 Å². The quantitative estimate of drug-likeness (QED) is 0.142. The van der Waals surface area contributed by atoms with Crippen LogP contribution in [-0.2, 0) is 5.41 Å². The van der Waals surface area contributed by atoms with Crippen molar-refractivity contribution in [3.8, 4) is 11.5 Å². The maximum Gasteiger partial charge on any atom is 0.411 e. The average Bonchev–Trinajstić information content (AvgIpc) is 3.60. The fraction of sp³-hybridized carbons (Fsp3) is 0.135. The molecule has 6 aromatic carbocycles. The summed E-state index contributed by atoms with van der Waals surface area (Å²) in [5, 5.41) is 5.74. The molecule has 234 valence electrons. The molecule has 0 saturated carbocycles. The SMILES string of the molecule is Cc1ccc(C(c2ccc(-c3nc4cc5ccc6c7cc8nc(C)oc8cc7ccc6c5cc4o3)cc2)(C(F)(F)F)C(F)(F)F)cc1. The number of benzene rings is 6. The van der Waals surface area contributed by atoms with Gasteiger partial charge in [0.15, 0.2) is 17.1 Å². The third-order valence-corrected chi connectivity index (χ3v) is 8.86. The summed E-state index contributed by atoms with van der Waals surface area (Å²) in [6.07, 6.45) is -11.3. The van der Waals surface area contributed by atoms with Crippen molar-refractivity contribution in [2.45, 2.75) is 31.6 Å². The Hall–Kier alpha value is -5.38. The molecule has 47 heavy (non-hydrogen) atoms. The van der Waals surface area contributed by atoms with Gasteiger partial charge in [-0.15, -0.1) is 0 Å². The number of hydrogen-bond acceptors (Lipinski definition) is 4. The Balaban J connectivity index is 1.24. The number of hydrogen-bond donors (Lipinski definition) is 0. The molecule has 0 saturated heterocycles. The van der Waals surface area contributed by atoms with E-state index >= 15 is 0 Å². The van der Waals surface area contributed by atoms with Gasteiger partial charge in [0.05, 0.1) is 0 Å². The summed E-state index contributed by atoms with van der Waals surface area (Å²) < 4.78 is 99.0. The fourth-order valence-electron chi connectivity index (χ4n) is 6.60. The summed E-state index contributed by atoms with van der Waals surface area (Å²) in [4.78, 5) is 8.99. The normalized spacial score (nSPS) is 13.1.